The van der Waals surface area contributed by atoms with Crippen molar-refractivity contribution in [2.45, 2.75) is 12.8 Å². The number of hydrogen-bond acceptors (Lipinski definition) is 7. The van der Waals surface area contributed by atoms with Gasteiger partial charge in [0.05, 0.1) is 43.0 Å². The van der Waals surface area contributed by atoms with E-state index in [0.717, 1.165) is 10.0 Å². The van der Waals surface area contributed by atoms with Gasteiger partial charge in [0.2, 0.25) is 0 Å². The van der Waals surface area contributed by atoms with Crippen molar-refractivity contribution in [2.75, 3.05) is 19.1 Å². The van der Waals surface area contributed by atoms with Crippen LogP contribution in [0.4, 0.5) is 5.69 Å². The Hall–Kier alpha value is -3.57. The van der Waals surface area contributed by atoms with Gasteiger partial charge < -0.3 is 15.2 Å². The normalized spacial score (nSPS) is 16.1. The van der Waals surface area contributed by atoms with E-state index >= 15 is 0 Å². The van der Waals surface area contributed by atoms with Crippen molar-refractivity contribution >= 4 is 33.6 Å². The number of nitrogens with two attached hydrogens (primary N) is 1. The average Bonchev–Trinajstić information content (AvgIpc) is 2.79. The van der Waals surface area contributed by atoms with E-state index in [-0.39, 0.29) is 22.7 Å². The third-order valence-corrected chi connectivity index (χ3v) is 5.52. The van der Waals surface area contributed by atoms with Crippen molar-refractivity contribution in [1.82, 2.24) is 0 Å². The number of carbonyl (C=O) groups excluding carboxylic acids is 2. The van der Waals surface area contributed by atoms with Crippen molar-refractivity contribution < 1.29 is 19.1 Å². The zero-order chi connectivity index (χ0) is 22.7. The lowest BCUT2D eigenvalue weighted by molar-refractivity contribution is -0.139. The summed E-state index contributed by atoms with van der Waals surface area (Å²) < 4.78 is 10.8. The van der Waals surface area contributed by atoms with E-state index < -0.39 is 17.9 Å². The monoisotopic (exact) mass is 481 g/mol. The largest absolute Gasteiger partial charge is 0.466 e. The zero-order valence-electron chi connectivity index (χ0n) is 17.2. The van der Waals surface area contributed by atoms with E-state index in [0.29, 0.717) is 11.3 Å². The summed E-state index contributed by atoms with van der Waals surface area (Å²) in [4.78, 5) is 27.4. The van der Waals surface area contributed by atoms with Crippen LogP contribution in [0.2, 0.25) is 0 Å². The van der Waals surface area contributed by atoms with Crippen molar-refractivity contribution in [2.24, 2.45) is 5.73 Å². The van der Waals surface area contributed by atoms with Crippen molar-refractivity contribution in [3.63, 3.8) is 0 Å². The first-order valence-corrected chi connectivity index (χ1v) is 10.1. The minimum absolute atomic E-state index is 0.0225. The van der Waals surface area contributed by atoms with Crippen LogP contribution >= 0.6 is 15.9 Å². The molecule has 0 saturated carbocycles. The molecule has 0 saturated heterocycles. The van der Waals surface area contributed by atoms with E-state index in [1.807, 2.05) is 25.1 Å². The quantitative estimate of drug-likeness (QED) is 0.664. The number of carbonyl (C=O) groups is 2. The molecule has 158 valence electrons. The number of rotatable bonds is 4. The molecule has 1 heterocycles. The zero-order valence-corrected chi connectivity index (χ0v) is 18.8. The molecule has 2 N–H and O–H groups in total. The molecule has 31 heavy (non-hydrogen) atoms. The Morgan fingerprint density at radius 2 is 1.74 bits per heavy atom. The maximum absolute atomic E-state index is 13.0. The fourth-order valence-corrected chi connectivity index (χ4v) is 3.94. The summed E-state index contributed by atoms with van der Waals surface area (Å²) in [5, 5.41) is 10.0. The Morgan fingerprint density at radius 1 is 1.10 bits per heavy atom. The number of ether oxygens (including phenoxy) is 2. The van der Waals surface area contributed by atoms with Crippen LogP contribution in [0.5, 0.6) is 0 Å². The van der Waals surface area contributed by atoms with Gasteiger partial charge >= 0.3 is 11.9 Å². The highest BCUT2D eigenvalue weighted by atomic mass is 79.9. The van der Waals surface area contributed by atoms with E-state index in [2.05, 4.69) is 22.0 Å². The lowest BCUT2D eigenvalue weighted by Gasteiger charge is -2.36. The number of allylic oxidation sites excluding steroid dienone is 1. The van der Waals surface area contributed by atoms with E-state index in [1.54, 1.807) is 30.3 Å². The van der Waals surface area contributed by atoms with Crippen LogP contribution in [0.1, 0.15) is 17.0 Å². The molecule has 8 heteroatoms. The summed E-state index contributed by atoms with van der Waals surface area (Å²) in [6.45, 7) is 1.83. The van der Waals surface area contributed by atoms with Gasteiger partial charge in [0.15, 0.2) is 0 Å². The van der Waals surface area contributed by atoms with Gasteiger partial charge in [0.25, 0.3) is 0 Å². The summed E-state index contributed by atoms with van der Waals surface area (Å²) in [5.74, 6) is -2.39. The Bertz CT molecular complexity index is 1150. The first-order chi connectivity index (χ1) is 14.8. The van der Waals surface area contributed by atoms with Crippen molar-refractivity contribution in [3.8, 4) is 6.07 Å². The Labute approximate surface area is 188 Å². The molecule has 2 aromatic carbocycles. The minimum atomic E-state index is -0.892. The van der Waals surface area contributed by atoms with Crippen molar-refractivity contribution in [1.29, 1.82) is 5.26 Å². The van der Waals surface area contributed by atoms with Gasteiger partial charge in [-0.2, -0.15) is 5.26 Å². The Balaban J connectivity index is 2.45. The molecule has 1 unspecified atom stereocenters. The van der Waals surface area contributed by atoms with Gasteiger partial charge in [-0.3, -0.25) is 4.90 Å². The highest BCUT2D eigenvalue weighted by Crippen LogP contribution is 2.44. The fraction of sp³-hybridized carbons (Fsp3) is 0.174. The average molecular weight is 482 g/mol. The maximum Gasteiger partial charge on any atom is 0.355 e. The van der Waals surface area contributed by atoms with Crippen LogP contribution in [0.25, 0.3) is 0 Å². The maximum atomic E-state index is 13.0. The predicted octanol–water partition coefficient (Wildman–Crippen LogP) is 3.66. The third kappa shape index (κ3) is 3.92. The first-order valence-electron chi connectivity index (χ1n) is 9.27. The van der Waals surface area contributed by atoms with Gasteiger partial charge in [-0.25, -0.2) is 9.59 Å². The summed E-state index contributed by atoms with van der Waals surface area (Å²) in [5.41, 5.74) is 8.39. The van der Waals surface area contributed by atoms with Gasteiger partial charge in [-0.1, -0.05) is 52.3 Å². The van der Waals surface area contributed by atoms with E-state index in [1.165, 1.54) is 19.1 Å². The summed E-state index contributed by atoms with van der Waals surface area (Å²) in [6, 6.07) is 16.4. The number of anilines is 1. The van der Waals surface area contributed by atoms with E-state index in [4.69, 9.17) is 15.2 Å². The van der Waals surface area contributed by atoms with Gasteiger partial charge in [0.1, 0.15) is 11.5 Å². The number of nitrogens with zero attached hydrogens (tertiary/aromatic N) is 2. The first kappa shape index (κ1) is 22.1. The third-order valence-electron chi connectivity index (χ3n) is 5.02. The number of hydrogen-bond donors (Lipinski definition) is 1. The summed E-state index contributed by atoms with van der Waals surface area (Å²) in [7, 11) is 2.43. The molecule has 0 bridgehead atoms. The van der Waals surface area contributed by atoms with Crippen LogP contribution in [0.3, 0.4) is 0 Å². The molecule has 2 aromatic rings. The topological polar surface area (TPSA) is 106 Å². The Morgan fingerprint density at radius 3 is 2.32 bits per heavy atom. The standard InChI is InChI=1S/C23H20BrN3O4/c1-13-9-10-15(24)11-17(13)27-20(23(29)31-3)19(22(28)30-2)18(16(12-25)21(27)26)14-7-5-4-6-8-14/h4-11,18H,26H2,1-3H3. The number of methoxy groups -OCH3 is 2. The highest BCUT2D eigenvalue weighted by molar-refractivity contribution is 9.10. The molecule has 7 nitrogen and oxygen atoms in total. The second-order valence-electron chi connectivity index (χ2n) is 6.77. The molecule has 1 atom stereocenters. The lowest BCUT2D eigenvalue weighted by atomic mass is 9.81. The molecule has 1 aliphatic heterocycles. The fourth-order valence-electron chi connectivity index (χ4n) is 3.59. The molecule has 0 radical (unpaired) electrons. The number of nitriles is 1. The molecule has 1 aliphatic rings. The van der Waals surface area contributed by atoms with Crippen molar-refractivity contribution in [3.05, 3.63) is 86.8 Å². The minimum Gasteiger partial charge on any atom is -0.466 e. The van der Waals surface area contributed by atoms with Crippen LogP contribution in [-0.4, -0.2) is 26.2 Å². The number of benzene rings is 2. The SMILES string of the molecule is COC(=O)C1=C(C(=O)OC)N(c2cc(Br)ccc2C)C(N)=C(C#N)C1c1ccccc1. The Kier molecular flexibility index (Phi) is 6.47. The highest BCUT2D eigenvalue weighted by Gasteiger charge is 2.43. The van der Waals surface area contributed by atoms with Crippen LogP contribution < -0.4 is 10.6 Å². The molecule has 0 aliphatic carbocycles. The smallest absolute Gasteiger partial charge is 0.355 e. The molecular weight excluding hydrogens is 462 g/mol. The number of aryl methyl sites for hydroxylation is 1. The molecule has 0 spiro atoms. The summed E-state index contributed by atoms with van der Waals surface area (Å²) >= 11 is 3.42. The molecule has 0 amide bonds. The van der Waals surface area contributed by atoms with Gasteiger partial charge in [-0.15, -0.1) is 0 Å². The van der Waals surface area contributed by atoms with E-state index in [9.17, 15) is 14.9 Å². The van der Waals surface area contributed by atoms with Crippen LogP contribution in [0.15, 0.2) is 75.7 Å². The predicted molar refractivity (Wildman–Crippen MR) is 118 cm³/mol. The van der Waals surface area contributed by atoms with Gasteiger partial charge in [0, 0.05) is 4.47 Å². The number of halogens is 1. The second-order valence-corrected chi connectivity index (χ2v) is 7.68. The number of esters is 2. The van der Waals surface area contributed by atoms with Gasteiger partial charge in [-0.05, 0) is 30.2 Å². The molecular formula is C23H20BrN3O4. The summed E-state index contributed by atoms with van der Waals surface area (Å²) in [6.07, 6.45) is 0. The molecule has 3 rings (SSSR count). The lowest BCUT2D eigenvalue weighted by Crippen LogP contribution is -2.41. The van der Waals surface area contributed by atoms with Crippen LogP contribution in [0, 0.1) is 18.3 Å². The second kappa shape index (κ2) is 9.06. The molecule has 0 aromatic heterocycles. The molecule has 0 fully saturated rings. The van der Waals surface area contributed by atoms with Crippen LogP contribution in [-0.2, 0) is 19.1 Å².